The summed E-state index contributed by atoms with van der Waals surface area (Å²) >= 11 is 1.75. The molecule has 3 rings (SSSR count). The molecule has 1 aromatic heterocycles. The molecule has 1 saturated heterocycles. The van der Waals surface area contributed by atoms with E-state index in [-0.39, 0.29) is 5.91 Å². The smallest absolute Gasteiger partial charge is 0.255 e. The van der Waals surface area contributed by atoms with Crippen molar-refractivity contribution >= 4 is 17.2 Å². The van der Waals surface area contributed by atoms with Crippen molar-refractivity contribution in [3.8, 4) is 11.5 Å². The number of thiophene rings is 1. The van der Waals surface area contributed by atoms with Gasteiger partial charge in [-0.1, -0.05) is 0 Å². The van der Waals surface area contributed by atoms with Crippen LogP contribution in [-0.4, -0.2) is 44.7 Å². The molecular formula is C20H26N2O3S. The molecule has 140 valence electrons. The van der Waals surface area contributed by atoms with Crippen molar-refractivity contribution < 1.29 is 14.3 Å². The third-order valence-electron chi connectivity index (χ3n) is 4.90. The van der Waals surface area contributed by atoms with Crippen molar-refractivity contribution in [3.05, 3.63) is 46.2 Å². The number of benzene rings is 1. The highest BCUT2D eigenvalue weighted by Gasteiger charge is 2.21. The van der Waals surface area contributed by atoms with Gasteiger partial charge in [-0.15, -0.1) is 0 Å². The maximum absolute atomic E-state index is 12.5. The number of amides is 1. The summed E-state index contributed by atoms with van der Waals surface area (Å²) in [5.74, 6) is 1.65. The minimum Gasteiger partial charge on any atom is -0.497 e. The molecule has 0 aliphatic carbocycles. The fraction of sp³-hybridized carbons (Fsp3) is 0.450. The van der Waals surface area contributed by atoms with Gasteiger partial charge in [0.25, 0.3) is 5.91 Å². The minimum atomic E-state index is -0.0924. The van der Waals surface area contributed by atoms with Crippen LogP contribution in [0.3, 0.4) is 0 Å². The van der Waals surface area contributed by atoms with Crippen molar-refractivity contribution in [1.82, 2.24) is 10.2 Å². The van der Waals surface area contributed by atoms with E-state index in [4.69, 9.17) is 9.47 Å². The number of methoxy groups -OCH3 is 2. The van der Waals surface area contributed by atoms with E-state index in [9.17, 15) is 4.79 Å². The molecule has 1 fully saturated rings. The van der Waals surface area contributed by atoms with Crippen LogP contribution in [0.1, 0.15) is 28.8 Å². The van der Waals surface area contributed by atoms with E-state index in [1.165, 1.54) is 5.56 Å². The first-order valence-electron chi connectivity index (χ1n) is 8.93. The van der Waals surface area contributed by atoms with E-state index in [1.54, 1.807) is 43.8 Å². The zero-order chi connectivity index (χ0) is 18.4. The summed E-state index contributed by atoms with van der Waals surface area (Å²) in [5, 5.41) is 7.41. The first-order chi connectivity index (χ1) is 12.7. The van der Waals surface area contributed by atoms with Gasteiger partial charge in [-0.25, -0.2) is 0 Å². The zero-order valence-electron chi connectivity index (χ0n) is 15.4. The molecule has 1 aromatic carbocycles. The molecule has 1 amide bonds. The highest BCUT2D eigenvalue weighted by molar-refractivity contribution is 7.07. The summed E-state index contributed by atoms with van der Waals surface area (Å²) in [6, 6.07) is 7.45. The van der Waals surface area contributed by atoms with Gasteiger partial charge in [-0.3, -0.25) is 9.69 Å². The van der Waals surface area contributed by atoms with Crippen molar-refractivity contribution in [2.75, 3.05) is 33.9 Å². The molecule has 0 saturated carbocycles. The fourth-order valence-electron chi connectivity index (χ4n) is 3.31. The number of piperidine rings is 1. The average Bonchev–Trinajstić information content (AvgIpc) is 3.19. The fourth-order valence-corrected chi connectivity index (χ4v) is 3.97. The van der Waals surface area contributed by atoms with Gasteiger partial charge >= 0.3 is 0 Å². The summed E-state index contributed by atoms with van der Waals surface area (Å²) in [5.41, 5.74) is 1.94. The van der Waals surface area contributed by atoms with Gasteiger partial charge in [0.15, 0.2) is 0 Å². The summed E-state index contributed by atoms with van der Waals surface area (Å²) in [7, 11) is 3.16. The van der Waals surface area contributed by atoms with Gasteiger partial charge in [-0.2, -0.15) is 11.3 Å². The highest BCUT2D eigenvalue weighted by Crippen LogP contribution is 2.25. The van der Waals surface area contributed by atoms with E-state index < -0.39 is 0 Å². The molecule has 1 aliphatic rings. The normalized spacial score (nSPS) is 15.6. The number of carbonyl (C=O) groups is 1. The molecule has 0 spiro atoms. The van der Waals surface area contributed by atoms with Crippen LogP contribution < -0.4 is 14.8 Å². The van der Waals surface area contributed by atoms with E-state index >= 15 is 0 Å². The predicted octanol–water partition coefficient (Wildman–Crippen LogP) is 3.41. The number of nitrogens with zero attached hydrogens (tertiary/aromatic N) is 1. The lowest BCUT2D eigenvalue weighted by atomic mass is 9.96. The van der Waals surface area contributed by atoms with Crippen LogP contribution in [0.5, 0.6) is 11.5 Å². The lowest BCUT2D eigenvalue weighted by Crippen LogP contribution is -2.38. The van der Waals surface area contributed by atoms with Gasteiger partial charge in [-0.05, 0) is 66.4 Å². The topological polar surface area (TPSA) is 50.8 Å². The Morgan fingerprint density at radius 3 is 2.69 bits per heavy atom. The summed E-state index contributed by atoms with van der Waals surface area (Å²) in [4.78, 5) is 15.0. The van der Waals surface area contributed by atoms with E-state index in [1.807, 2.05) is 0 Å². The SMILES string of the molecule is COc1ccc(C(=O)NCC2CCN(Cc3ccsc3)CC2)c(OC)c1. The van der Waals surface area contributed by atoms with Gasteiger partial charge < -0.3 is 14.8 Å². The number of hydrogen-bond donors (Lipinski definition) is 1. The number of nitrogens with one attached hydrogen (secondary N) is 1. The summed E-state index contributed by atoms with van der Waals surface area (Å²) in [6.07, 6.45) is 2.23. The van der Waals surface area contributed by atoms with E-state index in [2.05, 4.69) is 27.0 Å². The van der Waals surface area contributed by atoms with Gasteiger partial charge in [0.2, 0.25) is 0 Å². The van der Waals surface area contributed by atoms with Crippen LogP contribution in [0.15, 0.2) is 35.0 Å². The molecule has 5 nitrogen and oxygen atoms in total. The van der Waals surface area contributed by atoms with Gasteiger partial charge in [0, 0.05) is 19.2 Å². The third-order valence-corrected chi connectivity index (χ3v) is 5.63. The Morgan fingerprint density at radius 2 is 2.04 bits per heavy atom. The van der Waals surface area contributed by atoms with Gasteiger partial charge in [0.1, 0.15) is 11.5 Å². The zero-order valence-corrected chi connectivity index (χ0v) is 16.2. The molecule has 6 heteroatoms. The van der Waals surface area contributed by atoms with Crippen LogP contribution in [0.25, 0.3) is 0 Å². The van der Waals surface area contributed by atoms with Gasteiger partial charge in [0.05, 0.1) is 19.8 Å². The average molecular weight is 375 g/mol. The second kappa shape index (κ2) is 9.05. The lowest BCUT2D eigenvalue weighted by molar-refractivity contribution is 0.0932. The number of rotatable bonds is 7. The molecule has 1 aliphatic heterocycles. The maximum atomic E-state index is 12.5. The first-order valence-corrected chi connectivity index (χ1v) is 9.87. The second-order valence-electron chi connectivity index (χ2n) is 6.63. The standard InChI is InChI=1S/C20H26N2O3S/c1-24-17-3-4-18(19(11-17)25-2)20(23)21-12-15-5-8-22(9-6-15)13-16-7-10-26-14-16/h3-4,7,10-11,14-15H,5-6,8-9,12-13H2,1-2H3,(H,21,23). The first kappa shape index (κ1) is 18.7. The quantitative estimate of drug-likeness (QED) is 0.807. The molecule has 1 N–H and O–H groups in total. The van der Waals surface area contributed by atoms with Crippen LogP contribution >= 0.6 is 11.3 Å². The van der Waals surface area contributed by atoms with E-state index in [0.717, 1.165) is 32.5 Å². The molecule has 0 atom stereocenters. The Balaban J connectivity index is 1.47. The van der Waals surface area contributed by atoms with Crippen molar-refractivity contribution in [1.29, 1.82) is 0 Å². The Labute approximate surface area is 158 Å². The molecule has 0 unspecified atom stereocenters. The molecule has 0 bridgehead atoms. The number of likely N-dealkylation sites (tertiary alicyclic amines) is 1. The second-order valence-corrected chi connectivity index (χ2v) is 7.41. The number of carbonyl (C=O) groups excluding carboxylic acids is 1. The highest BCUT2D eigenvalue weighted by atomic mass is 32.1. The van der Waals surface area contributed by atoms with Crippen molar-refractivity contribution in [2.24, 2.45) is 5.92 Å². The summed E-state index contributed by atoms with van der Waals surface area (Å²) in [6.45, 7) is 3.91. The number of ether oxygens (including phenoxy) is 2. The van der Waals surface area contributed by atoms with Crippen LogP contribution in [-0.2, 0) is 6.54 Å². The summed E-state index contributed by atoms with van der Waals surface area (Å²) < 4.78 is 10.5. The van der Waals surface area contributed by atoms with E-state index in [0.29, 0.717) is 29.5 Å². The largest absolute Gasteiger partial charge is 0.497 e. The molecule has 0 radical (unpaired) electrons. The lowest BCUT2D eigenvalue weighted by Gasteiger charge is -2.31. The van der Waals surface area contributed by atoms with Crippen molar-refractivity contribution in [3.63, 3.8) is 0 Å². The Hall–Kier alpha value is -2.05. The Morgan fingerprint density at radius 1 is 1.23 bits per heavy atom. The predicted molar refractivity (Wildman–Crippen MR) is 104 cm³/mol. The Kier molecular flexibility index (Phi) is 6.52. The minimum absolute atomic E-state index is 0.0924. The third kappa shape index (κ3) is 4.77. The van der Waals surface area contributed by atoms with Crippen molar-refractivity contribution in [2.45, 2.75) is 19.4 Å². The molecule has 2 heterocycles. The molecule has 2 aromatic rings. The van der Waals surface area contributed by atoms with Crippen LogP contribution in [0.4, 0.5) is 0 Å². The molecular weight excluding hydrogens is 348 g/mol. The number of hydrogen-bond acceptors (Lipinski definition) is 5. The van der Waals surface area contributed by atoms with Crippen LogP contribution in [0.2, 0.25) is 0 Å². The van der Waals surface area contributed by atoms with Crippen LogP contribution in [0, 0.1) is 5.92 Å². The Bertz CT molecular complexity index is 710. The molecule has 26 heavy (non-hydrogen) atoms. The monoisotopic (exact) mass is 374 g/mol. The maximum Gasteiger partial charge on any atom is 0.255 e.